The molecule has 0 saturated carbocycles. The van der Waals surface area contributed by atoms with E-state index in [-0.39, 0.29) is 5.41 Å². The van der Waals surface area contributed by atoms with Gasteiger partial charge in [0.2, 0.25) is 0 Å². The number of nitrogens with two attached hydrogens (primary N) is 1. The van der Waals surface area contributed by atoms with E-state index >= 15 is 0 Å². The van der Waals surface area contributed by atoms with E-state index < -0.39 is 0 Å². The molecular weight excluding hydrogens is 258 g/mol. The highest BCUT2D eigenvalue weighted by atomic mass is 16.5. The third kappa shape index (κ3) is 3.38. The molecule has 0 radical (unpaired) electrons. The highest BCUT2D eigenvalue weighted by molar-refractivity contribution is 5.58. The van der Waals surface area contributed by atoms with E-state index in [1.165, 1.54) is 11.1 Å². The first-order valence-electron chi connectivity index (χ1n) is 7.49. The first kappa shape index (κ1) is 15.4. The van der Waals surface area contributed by atoms with Gasteiger partial charge in [-0.2, -0.15) is 0 Å². The van der Waals surface area contributed by atoms with Gasteiger partial charge in [0.15, 0.2) is 5.75 Å². The van der Waals surface area contributed by atoms with Crippen molar-refractivity contribution in [1.82, 2.24) is 0 Å². The molecule has 0 aromatic heterocycles. The molecule has 0 aliphatic carbocycles. The van der Waals surface area contributed by atoms with Gasteiger partial charge in [0.25, 0.3) is 0 Å². The van der Waals surface area contributed by atoms with E-state index in [0.29, 0.717) is 5.69 Å². The predicted octanol–water partition coefficient (Wildman–Crippen LogP) is 5.23. The van der Waals surface area contributed by atoms with Gasteiger partial charge < -0.3 is 10.5 Å². The number of ether oxygens (including phenoxy) is 1. The van der Waals surface area contributed by atoms with Crippen molar-refractivity contribution in [3.05, 3.63) is 53.1 Å². The zero-order valence-corrected chi connectivity index (χ0v) is 13.7. The monoisotopic (exact) mass is 283 g/mol. The van der Waals surface area contributed by atoms with Crippen molar-refractivity contribution in [2.24, 2.45) is 0 Å². The first-order chi connectivity index (χ1) is 9.82. The predicted molar refractivity (Wildman–Crippen MR) is 90.2 cm³/mol. The van der Waals surface area contributed by atoms with Gasteiger partial charge in [-0.3, -0.25) is 0 Å². The quantitative estimate of drug-likeness (QED) is 0.783. The summed E-state index contributed by atoms with van der Waals surface area (Å²) >= 11 is 0. The van der Waals surface area contributed by atoms with E-state index in [0.717, 1.165) is 23.5 Å². The molecule has 2 heteroatoms. The number of anilines is 1. The summed E-state index contributed by atoms with van der Waals surface area (Å²) in [5.74, 6) is 1.65. The summed E-state index contributed by atoms with van der Waals surface area (Å²) in [7, 11) is 0. The number of nitrogen functional groups attached to an aromatic ring is 1. The van der Waals surface area contributed by atoms with Crippen molar-refractivity contribution in [2.75, 3.05) is 5.73 Å². The normalized spacial score (nSPS) is 11.5. The molecule has 2 rings (SSSR count). The average Bonchev–Trinajstić information content (AvgIpc) is 2.42. The highest BCUT2D eigenvalue weighted by Crippen LogP contribution is 2.38. The van der Waals surface area contributed by atoms with Crippen molar-refractivity contribution in [2.45, 2.75) is 46.5 Å². The van der Waals surface area contributed by atoms with Crippen LogP contribution in [0.4, 0.5) is 5.69 Å². The molecule has 2 N–H and O–H groups in total. The molecule has 0 amide bonds. The van der Waals surface area contributed by atoms with Gasteiger partial charge in [-0.1, -0.05) is 52.0 Å². The molecule has 2 aromatic carbocycles. The van der Waals surface area contributed by atoms with Crippen LogP contribution in [0.25, 0.3) is 0 Å². The fraction of sp³-hybridized carbons (Fsp3) is 0.368. The summed E-state index contributed by atoms with van der Waals surface area (Å²) in [6.07, 6.45) is 1.02. The van der Waals surface area contributed by atoms with E-state index in [9.17, 15) is 0 Å². The molecule has 0 aliphatic heterocycles. The minimum atomic E-state index is 0.0258. The molecule has 0 bridgehead atoms. The van der Waals surface area contributed by atoms with Crippen molar-refractivity contribution in [3.8, 4) is 11.5 Å². The van der Waals surface area contributed by atoms with Crippen LogP contribution in [0.5, 0.6) is 11.5 Å². The Morgan fingerprint density at radius 1 is 1.10 bits per heavy atom. The van der Waals surface area contributed by atoms with Gasteiger partial charge in [-0.25, -0.2) is 0 Å². The van der Waals surface area contributed by atoms with Crippen LogP contribution in [0.1, 0.15) is 44.4 Å². The molecule has 0 saturated heterocycles. The smallest absolute Gasteiger partial charge is 0.153 e. The van der Waals surface area contributed by atoms with Crippen LogP contribution in [0.3, 0.4) is 0 Å². The maximum absolute atomic E-state index is 6.17. The molecule has 0 unspecified atom stereocenters. The van der Waals surface area contributed by atoms with Gasteiger partial charge in [-0.05, 0) is 42.0 Å². The summed E-state index contributed by atoms with van der Waals surface area (Å²) in [6, 6.07) is 12.3. The largest absolute Gasteiger partial charge is 0.455 e. The summed E-state index contributed by atoms with van der Waals surface area (Å²) in [4.78, 5) is 0. The van der Waals surface area contributed by atoms with Crippen molar-refractivity contribution >= 4 is 5.69 Å². The van der Waals surface area contributed by atoms with E-state index in [4.69, 9.17) is 10.5 Å². The van der Waals surface area contributed by atoms with E-state index in [1.54, 1.807) is 0 Å². The zero-order valence-electron chi connectivity index (χ0n) is 13.7. The van der Waals surface area contributed by atoms with Gasteiger partial charge in [0, 0.05) is 5.56 Å². The van der Waals surface area contributed by atoms with Crippen molar-refractivity contribution in [3.63, 3.8) is 0 Å². The Morgan fingerprint density at radius 3 is 2.38 bits per heavy atom. The topological polar surface area (TPSA) is 35.2 Å². The summed E-state index contributed by atoms with van der Waals surface area (Å²) in [6.45, 7) is 10.8. The van der Waals surface area contributed by atoms with Crippen LogP contribution >= 0.6 is 0 Å². The fourth-order valence-electron chi connectivity index (χ4n) is 2.40. The minimum absolute atomic E-state index is 0.0258. The summed E-state index contributed by atoms with van der Waals surface area (Å²) in [5, 5.41) is 0. The Labute approximate surface area is 127 Å². The fourth-order valence-corrected chi connectivity index (χ4v) is 2.40. The van der Waals surface area contributed by atoms with Gasteiger partial charge in [-0.15, -0.1) is 0 Å². The Balaban J connectivity index is 2.49. The van der Waals surface area contributed by atoms with Crippen LogP contribution in [0, 0.1) is 6.92 Å². The van der Waals surface area contributed by atoms with Crippen molar-refractivity contribution < 1.29 is 4.74 Å². The molecule has 0 atom stereocenters. The third-order valence-electron chi connectivity index (χ3n) is 3.71. The molecule has 2 nitrogen and oxygen atoms in total. The lowest BCUT2D eigenvalue weighted by atomic mass is 9.85. The third-order valence-corrected chi connectivity index (χ3v) is 3.71. The number of hydrogen-bond acceptors (Lipinski definition) is 2. The number of hydrogen-bond donors (Lipinski definition) is 1. The first-order valence-corrected chi connectivity index (χ1v) is 7.49. The minimum Gasteiger partial charge on any atom is -0.455 e. The Hall–Kier alpha value is -1.96. The molecule has 0 spiro atoms. The maximum atomic E-state index is 6.17. The second-order valence-electron chi connectivity index (χ2n) is 6.53. The lowest BCUT2D eigenvalue weighted by Gasteiger charge is -2.24. The SMILES string of the molecule is CCc1ccc(Oc2c(C)cccc2N)c(C(C)(C)C)c1. The van der Waals surface area contributed by atoms with Crippen LogP contribution in [0.15, 0.2) is 36.4 Å². The number of benzene rings is 2. The molecule has 112 valence electrons. The highest BCUT2D eigenvalue weighted by Gasteiger charge is 2.20. The zero-order chi connectivity index (χ0) is 15.6. The van der Waals surface area contributed by atoms with Gasteiger partial charge in [0.1, 0.15) is 5.75 Å². The van der Waals surface area contributed by atoms with Gasteiger partial charge in [0.05, 0.1) is 5.69 Å². The summed E-state index contributed by atoms with van der Waals surface area (Å²) in [5.41, 5.74) is 10.3. The van der Waals surface area contributed by atoms with E-state index in [2.05, 4.69) is 45.9 Å². The van der Waals surface area contributed by atoms with E-state index in [1.807, 2.05) is 25.1 Å². The second kappa shape index (κ2) is 5.80. The van der Waals surface area contributed by atoms with Crippen LogP contribution < -0.4 is 10.5 Å². The Morgan fingerprint density at radius 2 is 1.81 bits per heavy atom. The van der Waals surface area contributed by atoms with Crippen LogP contribution in [-0.2, 0) is 11.8 Å². The molecule has 0 heterocycles. The Bertz CT molecular complexity index is 618. The van der Waals surface area contributed by atoms with Crippen molar-refractivity contribution in [1.29, 1.82) is 0 Å². The standard InChI is InChI=1S/C19H25NO/c1-6-14-10-11-17(15(12-14)19(3,4)5)21-18-13(2)8-7-9-16(18)20/h7-12H,6,20H2,1-5H3. The lowest BCUT2D eigenvalue weighted by molar-refractivity contribution is 0.454. The lowest BCUT2D eigenvalue weighted by Crippen LogP contribution is -2.13. The molecule has 0 fully saturated rings. The van der Waals surface area contributed by atoms with Crippen LogP contribution in [-0.4, -0.2) is 0 Å². The molecule has 0 aliphatic rings. The molecular formula is C19H25NO. The average molecular weight is 283 g/mol. The molecule has 2 aromatic rings. The Kier molecular flexibility index (Phi) is 4.26. The second-order valence-corrected chi connectivity index (χ2v) is 6.53. The van der Waals surface area contributed by atoms with Gasteiger partial charge >= 0.3 is 0 Å². The number of rotatable bonds is 3. The maximum Gasteiger partial charge on any atom is 0.153 e. The molecule has 21 heavy (non-hydrogen) atoms. The summed E-state index contributed by atoms with van der Waals surface area (Å²) < 4.78 is 6.17. The van der Waals surface area contributed by atoms with Crippen LogP contribution in [0.2, 0.25) is 0 Å². The number of para-hydroxylation sites is 1. The number of aryl methyl sites for hydroxylation is 2.